The average molecular weight is 401 g/mol. The predicted octanol–water partition coefficient (Wildman–Crippen LogP) is 2.66. The maximum Gasteiger partial charge on any atom is 0.284 e. The number of methoxy groups -OCH3 is 1. The number of nitro groups is 1. The van der Waals surface area contributed by atoms with Gasteiger partial charge in [-0.15, -0.1) is 0 Å². The lowest BCUT2D eigenvalue weighted by molar-refractivity contribution is -0.388. The Morgan fingerprint density at radius 1 is 1.42 bits per heavy atom. The minimum absolute atomic E-state index is 0.179. The second-order valence-electron chi connectivity index (χ2n) is 5.59. The normalized spacial score (nSPS) is 12.9. The maximum absolute atomic E-state index is 12.4. The number of nitro benzene ring substituents is 1. The van der Waals surface area contributed by atoms with Crippen LogP contribution in [0.4, 0.5) is 5.69 Å². The van der Waals surface area contributed by atoms with Crippen LogP contribution in [0.25, 0.3) is 0 Å². The molecule has 0 aliphatic carbocycles. The van der Waals surface area contributed by atoms with E-state index in [2.05, 4.69) is 9.71 Å². The maximum atomic E-state index is 12.4. The third-order valence-electron chi connectivity index (χ3n) is 3.42. The Morgan fingerprint density at radius 2 is 2.12 bits per heavy atom. The molecule has 0 aliphatic rings. The molecule has 1 heterocycles. The molecule has 2 rings (SSSR count). The van der Waals surface area contributed by atoms with Gasteiger partial charge in [-0.1, -0.05) is 0 Å². The zero-order valence-corrected chi connectivity index (χ0v) is 16.3. The van der Waals surface area contributed by atoms with Crippen LogP contribution in [0.15, 0.2) is 37.6 Å². The fourth-order valence-electron chi connectivity index (χ4n) is 2.09. The molecular weight excluding hydrogens is 382 g/mol. The Bertz CT molecular complexity index is 891. The lowest BCUT2D eigenvalue weighted by atomic mass is 10.3. The van der Waals surface area contributed by atoms with Gasteiger partial charge in [0.25, 0.3) is 10.9 Å². The van der Waals surface area contributed by atoms with Crippen molar-refractivity contribution < 1.29 is 22.5 Å². The SMILES string of the molecule is COCC(C)NS(=O)(=O)c1ccc(Sc2nc(C)c(C)o2)c([N+](=O)[O-])c1. The van der Waals surface area contributed by atoms with Crippen LogP contribution in [0.2, 0.25) is 0 Å². The molecule has 1 unspecified atom stereocenters. The number of hydrogen-bond donors (Lipinski definition) is 1. The monoisotopic (exact) mass is 401 g/mol. The smallest absolute Gasteiger partial charge is 0.284 e. The van der Waals surface area contributed by atoms with Crippen molar-refractivity contribution in [2.45, 2.75) is 41.8 Å². The molecule has 1 atom stereocenters. The van der Waals surface area contributed by atoms with Crippen LogP contribution in [0.3, 0.4) is 0 Å². The molecule has 1 aromatic heterocycles. The molecule has 2 aromatic rings. The number of benzene rings is 1. The standard InChI is InChI=1S/C15H19N3O6S2/c1-9(8-23-4)17-26(21,22)12-5-6-14(13(7-12)18(19)20)25-15-16-10(2)11(3)24-15/h5-7,9,17H,8H2,1-4H3. The predicted molar refractivity (Wildman–Crippen MR) is 94.9 cm³/mol. The molecule has 0 aliphatic heterocycles. The van der Waals surface area contributed by atoms with Gasteiger partial charge in [-0.3, -0.25) is 10.1 Å². The van der Waals surface area contributed by atoms with Crippen LogP contribution in [0.1, 0.15) is 18.4 Å². The Morgan fingerprint density at radius 3 is 2.65 bits per heavy atom. The van der Waals surface area contributed by atoms with E-state index in [4.69, 9.17) is 9.15 Å². The molecule has 1 aromatic carbocycles. The van der Waals surface area contributed by atoms with Crippen LogP contribution < -0.4 is 4.72 Å². The molecular formula is C15H19N3O6S2. The van der Waals surface area contributed by atoms with Crippen molar-refractivity contribution in [1.82, 2.24) is 9.71 Å². The third kappa shape index (κ3) is 4.81. The van der Waals surface area contributed by atoms with Crippen LogP contribution in [-0.2, 0) is 14.8 Å². The number of nitrogens with one attached hydrogen (secondary N) is 1. The first-order valence-corrected chi connectivity index (χ1v) is 9.85. The fourth-order valence-corrected chi connectivity index (χ4v) is 4.25. The largest absolute Gasteiger partial charge is 0.436 e. The van der Waals surface area contributed by atoms with Gasteiger partial charge in [-0.2, -0.15) is 0 Å². The van der Waals surface area contributed by atoms with Crippen molar-refractivity contribution >= 4 is 27.5 Å². The van der Waals surface area contributed by atoms with Crippen molar-refractivity contribution in [3.05, 3.63) is 39.8 Å². The van der Waals surface area contributed by atoms with Gasteiger partial charge in [0.2, 0.25) is 10.0 Å². The first kappa shape index (κ1) is 20.4. The first-order valence-electron chi connectivity index (χ1n) is 7.55. The summed E-state index contributed by atoms with van der Waals surface area (Å²) in [6.07, 6.45) is 0. The van der Waals surface area contributed by atoms with Crippen molar-refractivity contribution in [3.63, 3.8) is 0 Å². The van der Waals surface area contributed by atoms with E-state index in [1.807, 2.05) is 0 Å². The molecule has 0 bridgehead atoms. The van der Waals surface area contributed by atoms with E-state index in [0.717, 1.165) is 17.8 Å². The van der Waals surface area contributed by atoms with Gasteiger partial charge in [0, 0.05) is 19.2 Å². The lowest BCUT2D eigenvalue weighted by Gasteiger charge is -2.13. The second-order valence-corrected chi connectivity index (χ2v) is 8.29. The van der Waals surface area contributed by atoms with E-state index in [9.17, 15) is 18.5 Å². The number of oxazole rings is 1. The quantitative estimate of drug-likeness (QED) is 0.529. The van der Waals surface area contributed by atoms with Gasteiger partial charge < -0.3 is 9.15 Å². The highest BCUT2D eigenvalue weighted by molar-refractivity contribution is 7.99. The molecule has 26 heavy (non-hydrogen) atoms. The van der Waals surface area contributed by atoms with Gasteiger partial charge in [0.15, 0.2) is 0 Å². The Kier molecular flexibility index (Phi) is 6.39. The highest BCUT2D eigenvalue weighted by atomic mass is 32.2. The van der Waals surface area contributed by atoms with Gasteiger partial charge in [-0.25, -0.2) is 18.1 Å². The van der Waals surface area contributed by atoms with Gasteiger partial charge >= 0.3 is 0 Å². The number of nitrogens with zero attached hydrogens (tertiary/aromatic N) is 2. The summed E-state index contributed by atoms with van der Waals surface area (Å²) in [6, 6.07) is 3.22. The summed E-state index contributed by atoms with van der Waals surface area (Å²) in [5.41, 5.74) is 0.344. The molecule has 142 valence electrons. The van der Waals surface area contributed by atoms with E-state index >= 15 is 0 Å². The Hall–Kier alpha value is -1.95. The van der Waals surface area contributed by atoms with Gasteiger partial charge in [0.1, 0.15) is 5.76 Å². The fraction of sp³-hybridized carbons (Fsp3) is 0.400. The lowest BCUT2D eigenvalue weighted by Crippen LogP contribution is -2.35. The zero-order valence-electron chi connectivity index (χ0n) is 14.7. The summed E-state index contributed by atoms with van der Waals surface area (Å²) >= 11 is 0.964. The Labute approximate surface area is 155 Å². The highest BCUT2D eigenvalue weighted by Crippen LogP contribution is 2.36. The topological polar surface area (TPSA) is 125 Å². The number of ether oxygens (including phenoxy) is 1. The van der Waals surface area contributed by atoms with Crippen molar-refractivity contribution in [2.24, 2.45) is 0 Å². The molecule has 0 amide bonds. The molecule has 0 fully saturated rings. The van der Waals surface area contributed by atoms with Crippen LogP contribution in [0, 0.1) is 24.0 Å². The molecule has 0 saturated carbocycles. The second kappa shape index (κ2) is 8.16. The van der Waals surface area contributed by atoms with Gasteiger partial charge in [0.05, 0.1) is 27.0 Å². The van der Waals surface area contributed by atoms with Crippen LogP contribution in [-0.4, -0.2) is 38.1 Å². The summed E-state index contributed by atoms with van der Waals surface area (Å²) in [5, 5.41) is 11.6. The summed E-state index contributed by atoms with van der Waals surface area (Å²) in [5.74, 6) is 0.616. The number of aromatic nitrogens is 1. The molecule has 0 saturated heterocycles. The van der Waals surface area contributed by atoms with Gasteiger partial charge in [-0.05, 0) is 44.7 Å². The summed E-state index contributed by atoms with van der Waals surface area (Å²) in [7, 11) is -2.46. The Balaban J connectivity index is 2.35. The number of rotatable bonds is 8. The zero-order chi connectivity index (χ0) is 19.5. The molecule has 1 N–H and O–H groups in total. The number of aryl methyl sites for hydroxylation is 2. The number of sulfonamides is 1. The van der Waals surface area contributed by atoms with E-state index in [0.29, 0.717) is 11.5 Å². The van der Waals surface area contributed by atoms with Crippen LogP contribution >= 0.6 is 11.8 Å². The molecule has 0 spiro atoms. The first-order chi connectivity index (χ1) is 12.1. The van der Waals surface area contributed by atoms with Crippen molar-refractivity contribution in [1.29, 1.82) is 0 Å². The van der Waals surface area contributed by atoms with E-state index < -0.39 is 21.0 Å². The third-order valence-corrected chi connectivity index (χ3v) is 5.92. The minimum Gasteiger partial charge on any atom is -0.436 e. The summed E-state index contributed by atoms with van der Waals surface area (Å²) in [6.45, 7) is 5.31. The van der Waals surface area contributed by atoms with E-state index in [1.165, 1.54) is 19.2 Å². The molecule has 0 radical (unpaired) electrons. The van der Waals surface area contributed by atoms with E-state index in [1.54, 1.807) is 20.8 Å². The molecule has 11 heteroatoms. The van der Waals surface area contributed by atoms with Crippen LogP contribution in [0.5, 0.6) is 0 Å². The summed E-state index contributed by atoms with van der Waals surface area (Å²) in [4.78, 5) is 15.0. The van der Waals surface area contributed by atoms with Crippen molar-refractivity contribution in [2.75, 3.05) is 13.7 Å². The highest BCUT2D eigenvalue weighted by Gasteiger charge is 2.24. The number of hydrogen-bond acceptors (Lipinski definition) is 8. The molecule has 9 nitrogen and oxygen atoms in total. The minimum atomic E-state index is -3.91. The van der Waals surface area contributed by atoms with E-state index in [-0.39, 0.29) is 27.3 Å². The average Bonchev–Trinajstić information content (AvgIpc) is 2.84. The summed E-state index contributed by atoms with van der Waals surface area (Å²) < 4.78 is 37.5. The van der Waals surface area contributed by atoms with Crippen molar-refractivity contribution in [3.8, 4) is 0 Å².